The van der Waals surface area contributed by atoms with E-state index in [9.17, 15) is 9.18 Å². The molecule has 0 saturated heterocycles. The minimum atomic E-state index is -0.616. The maximum atomic E-state index is 13.7. The lowest BCUT2D eigenvalue weighted by Crippen LogP contribution is -2.15. The van der Waals surface area contributed by atoms with E-state index in [0.717, 1.165) is 0 Å². The zero-order valence-electron chi connectivity index (χ0n) is 10.7. The van der Waals surface area contributed by atoms with Crippen LogP contribution in [0.25, 0.3) is 0 Å². The van der Waals surface area contributed by atoms with Crippen LogP contribution >= 0.6 is 15.9 Å². The number of amides is 1. The van der Waals surface area contributed by atoms with E-state index in [0.29, 0.717) is 27.3 Å². The van der Waals surface area contributed by atoms with Crippen molar-refractivity contribution in [1.82, 2.24) is 0 Å². The van der Waals surface area contributed by atoms with Crippen LogP contribution in [0.15, 0.2) is 34.8 Å². The van der Waals surface area contributed by atoms with Gasteiger partial charge in [-0.2, -0.15) is 0 Å². The van der Waals surface area contributed by atoms with Gasteiger partial charge in [0.25, 0.3) is 5.91 Å². The molecule has 1 amide bonds. The maximum absolute atomic E-state index is 13.7. The molecular weight excluding hydrogens is 343 g/mol. The van der Waals surface area contributed by atoms with Gasteiger partial charge in [-0.25, -0.2) is 4.39 Å². The Morgan fingerprint density at radius 3 is 2.71 bits per heavy atom. The van der Waals surface area contributed by atoms with Crippen molar-refractivity contribution in [2.24, 2.45) is 0 Å². The van der Waals surface area contributed by atoms with Gasteiger partial charge in [0, 0.05) is 16.6 Å². The molecule has 108 valence electrons. The van der Waals surface area contributed by atoms with Gasteiger partial charge in [0.05, 0.1) is 16.9 Å². The lowest BCUT2D eigenvalue weighted by molar-refractivity contribution is 0.102. The first-order valence-corrected chi connectivity index (χ1v) is 6.79. The third-order valence-electron chi connectivity index (χ3n) is 2.97. The van der Waals surface area contributed by atoms with Crippen LogP contribution in [-0.2, 0) is 0 Å². The quantitative estimate of drug-likeness (QED) is 0.814. The molecule has 1 aliphatic heterocycles. The Bertz CT molecular complexity index is 736. The summed E-state index contributed by atoms with van der Waals surface area (Å²) in [6.45, 7) is 0.104. The van der Waals surface area contributed by atoms with Gasteiger partial charge in [-0.3, -0.25) is 4.79 Å². The smallest absolute Gasteiger partial charge is 0.258 e. The molecule has 0 saturated carbocycles. The fourth-order valence-electron chi connectivity index (χ4n) is 1.93. The standard InChI is InChI=1S/C14H10BrFN2O3/c15-7-1-2-9(16)8(3-7)14(19)18-11-5-13-12(4-10(11)17)20-6-21-13/h1-5H,6,17H2,(H,18,19). The number of fused-ring (bicyclic) bond motifs is 1. The van der Waals surface area contributed by atoms with E-state index in [1.54, 1.807) is 12.1 Å². The Labute approximate surface area is 128 Å². The van der Waals surface area contributed by atoms with Gasteiger partial charge in [-0.1, -0.05) is 15.9 Å². The SMILES string of the molecule is Nc1cc2c(cc1NC(=O)c1cc(Br)ccc1F)OCO2. The topological polar surface area (TPSA) is 73.6 Å². The van der Waals surface area contributed by atoms with Crippen molar-refractivity contribution in [2.45, 2.75) is 0 Å². The third-order valence-corrected chi connectivity index (χ3v) is 3.46. The molecule has 2 aromatic carbocycles. The highest BCUT2D eigenvalue weighted by atomic mass is 79.9. The fourth-order valence-corrected chi connectivity index (χ4v) is 2.29. The number of carbonyl (C=O) groups excluding carboxylic acids is 1. The highest BCUT2D eigenvalue weighted by molar-refractivity contribution is 9.10. The van der Waals surface area contributed by atoms with Crippen molar-refractivity contribution in [3.8, 4) is 11.5 Å². The van der Waals surface area contributed by atoms with E-state index in [-0.39, 0.29) is 12.4 Å². The summed E-state index contributed by atoms with van der Waals surface area (Å²) in [7, 11) is 0. The van der Waals surface area contributed by atoms with Gasteiger partial charge in [0.2, 0.25) is 6.79 Å². The van der Waals surface area contributed by atoms with Gasteiger partial charge in [0.15, 0.2) is 11.5 Å². The predicted octanol–water partition coefficient (Wildman–Crippen LogP) is 3.15. The zero-order valence-corrected chi connectivity index (χ0v) is 12.2. The van der Waals surface area contributed by atoms with Crippen LogP contribution in [-0.4, -0.2) is 12.7 Å². The molecule has 2 aromatic rings. The number of halogens is 2. The molecule has 0 aromatic heterocycles. The number of nitrogen functional groups attached to an aromatic ring is 1. The minimum absolute atomic E-state index is 0.0820. The van der Waals surface area contributed by atoms with Crippen molar-refractivity contribution in [3.05, 3.63) is 46.2 Å². The number of nitrogens with one attached hydrogen (secondary N) is 1. The number of ether oxygens (including phenoxy) is 2. The lowest BCUT2D eigenvalue weighted by atomic mass is 10.2. The fraction of sp³-hybridized carbons (Fsp3) is 0.0714. The second kappa shape index (κ2) is 5.25. The molecule has 0 spiro atoms. The number of anilines is 2. The number of hydrogen-bond donors (Lipinski definition) is 2. The number of hydrogen-bond acceptors (Lipinski definition) is 4. The maximum Gasteiger partial charge on any atom is 0.258 e. The summed E-state index contributed by atoms with van der Waals surface area (Å²) in [6.07, 6.45) is 0. The van der Waals surface area contributed by atoms with E-state index < -0.39 is 11.7 Å². The highest BCUT2D eigenvalue weighted by Crippen LogP contribution is 2.38. The van der Waals surface area contributed by atoms with Gasteiger partial charge >= 0.3 is 0 Å². The summed E-state index contributed by atoms with van der Waals surface area (Å²) in [5.74, 6) is -0.220. The summed E-state index contributed by atoms with van der Waals surface area (Å²) in [4.78, 5) is 12.1. The second-order valence-corrected chi connectivity index (χ2v) is 5.29. The lowest BCUT2D eigenvalue weighted by Gasteiger charge is -2.10. The summed E-state index contributed by atoms with van der Waals surface area (Å²) >= 11 is 3.20. The van der Waals surface area contributed by atoms with Crippen LogP contribution in [0.4, 0.5) is 15.8 Å². The minimum Gasteiger partial charge on any atom is -0.454 e. The molecule has 1 aliphatic rings. The average Bonchev–Trinajstić information content (AvgIpc) is 2.88. The third kappa shape index (κ3) is 2.64. The first-order valence-electron chi connectivity index (χ1n) is 6.00. The van der Waals surface area contributed by atoms with E-state index in [1.165, 1.54) is 18.2 Å². The summed E-state index contributed by atoms with van der Waals surface area (Å²) in [5.41, 5.74) is 6.40. The van der Waals surface area contributed by atoms with Crippen LogP contribution < -0.4 is 20.5 Å². The van der Waals surface area contributed by atoms with Crippen molar-refractivity contribution in [3.63, 3.8) is 0 Å². The molecular formula is C14H10BrFN2O3. The van der Waals surface area contributed by atoms with Crippen molar-refractivity contribution >= 4 is 33.2 Å². The van der Waals surface area contributed by atoms with Crippen LogP contribution in [0.1, 0.15) is 10.4 Å². The molecule has 1 heterocycles. The molecule has 21 heavy (non-hydrogen) atoms. The molecule has 0 fully saturated rings. The van der Waals surface area contributed by atoms with Gasteiger partial charge in [-0.05, 0) is 18.2 Å². The Balaban J connectivity index is 1.90. The van der Waals surface area contributed by atoms with Crippen LogP contribution in [0, 0.1) is 5.82 Å². The van der Waals surface area contributed by atoms with E-state index in [4.69, 9.17) is 15.2 Å². The van der Waals surface area contributed by atoms with E-state index in [2.05, 4.69) is 21.2 Å². The molecule has 0 atom stereocenters. The number of nitrogens with two attached hydrogens (primary N) is 1. The Morgan fingerprint density at radius 1 is 1.24 bits per heavy atom. The van der Waals surface area contributed by atoms with Crippen molar-refractivity contribution in [1.29, 1.82) is 0 Å². The van der Waals surface area contributed by atoms with Crippen LogP contribution in [0.5, 0.6) is 11.5 Å². The van der Waals surface area contributed by atoms with Crippen molar-refractivity contribution in [2.75, 3.05) is 17.8 Å². The molecule has 7 heteroatoms. The first-order chi connectivity index (χ1) is 10.0. The van der Waals surface area contributed by atoms with Crippen molar-refractivity contribution < 1.29 is 18.7 Å². The number of benzene rings is 2. The molecule has 0 aliphatic carbocycles. The summed E-state index contributed by atoms with van der Waals surface area (Å²) in [6, 6.07) is 7.22. The molecule has 3 rings (SSSR count). The predicted molar refractivity (Wildman–Crippen MR) is 79.0 cm³/mol. The number of carbonyl (C=O) groups is 1. The van der Waals surface area contributed by atoms with E-state index >= 15 is 0 Å². The summed E-state index contributed by atoms with van der Waals surface area (Å²) in [5, 5.41) is 2.56. The van der Waals surface area contributed by atoms with Gasteiger partial charge in [0.1, 0.15) is 5.82 Å². The van der Waals surface area contributed by atoms with Gasteiger partial charge < -0.3 is 20.5 Å². The molecule has 3 N–H and O–H groups in total. The Kier molecular flexibility index (Phi) is 3.42. The number of rotatable bonds is 2. The second-order valence-electron chi connectivity index (χ2n) is 4.37. The van der Waals surface area contributed by atoms with Crippen LogP contribution in [0.3, 0.4) is 0 Å². The molecule has 0 radical (unpaired) electrons. The Hall–Kier alpha value is -2.28. The summed E-state index contributed by atoms with van der Waals surface area (Å²) < 4.78 is 24.7. The average molecular weight is 353 g/mol. The molecule has 5 nitrogen and oxygen atoms in total. The monoisotopic (exact) mass is 352 g/mol. The van der Waals surface area contributed by atoms with Gasteiger partial charge in [-0.15, -0.1) is 0 Å². The zero-order chi connectivity index (χ0) is 15.0. The highest BCUT2D eigenvalue weighted by Gasteiger charge is 2.19. The molecule has 0 bridgehead atoms. The Morgan fingerprint density at radius 2 is 1.95 bits per heavy atom. The molecule has 0 unspecified atom stereocenters. The largest absolute Gasteiger partial charge is 0.454 e. The normalized spacial score (nSPS) is 12.3. The van der Waals surface area contributed by atoms with E-state index in [1.807, 2.05) is 0 Å². The first kappa shape index (κ1) is 13.7. The van der Waals surface area contributed by atoms with Crippen LogP contribution in [0.2, 0.25) is 0 Å².